The number of rotatable bonds is 5. The summed E-state index contributed by atoms with van der Waals surface area (Å²) in [6.45, 7) is 2.16. The van der Waals surface area contributed by atoms with Crippen LogP contribution in [0.1, 0.15) is 24.5 Å². The molecule has 0 spiro atoms. The molecular formula is C27H30N3O3PSe. The number of fused-ring (bicyclic) bond motifs is 3. The summed E-state index contributed by atoms with van der Waals surface area (Å²) in [5, 5.41) is 13.1. The molecule has 0 bridgehead atoms. The third-order valence-corrected chi connectivity index (χ3v) is 9.79. The van der Waals surface area contributed by atoms with Crippen molar-refractivity contribution in [1.29, 1.82) is 0 Å². The molecule has 4 rings (SSSR count). The van der Waals surface area contributed by atoms with Crippen LogP contribution in [0.3, 0.4) is 0 Å². The van der Waals surface area contributed by atoms with Crippen molar-refractivity contribution in [1.82, 2.24) is 5.32 Å². The van der Waals surface area contributed by atoms with Crippen molar-refractivity contribution in [2.24, 2.45) is 9.98 Å². The molecule has 0 saturated heterocycles. The summed E-state index contributed by atoms with van der Waals surface area (Å²) < 4.78 is 12.7. The number of benzene rings is 3. The fraction of sp³-hybridized carbons (Fsp3) is 0.259. The molecule has 0 fully saturated rings. The molecule has 2 N–H and O–H groups in total. The van der Waals surface area contributed by atoms with E-state index in [1.54, 1.807) is 0 Å². The van der Waals surface area contributed by atoms with E-state index in [0.29, 0.717) is 19.0 Å². The van der Waals surface area contributed by atoms with Gasteiger partial charge in [0.25, 0.3) is 0 Å². The Balaban J connectivity index is 1.72. The van der Waals surface area contributed by atoms with Gasteiger partial charge in [-0.2, -0.15) is 0 Å². The number of nitrogens with zero attached hydrogens (tertiary/aromatic N) is 2. The first-order chi connectivity index (χ1) is 17.1. The molecule has 35 heavy (non-hydrogen) atoms. The third-order valence-electron chi connectivity index (χ3n) is 5.70. The van der Waals surface area contributed by atoms with Crippen molar-refractivity contribution >= 4 is 44.4 Å². The fourth-order valence-corrected chi connectivity index (χ4v) is 6.26. The van der Waals surface area contributed by atoms with Crippen LogP contribution in [0.4, 0.5) is 11.4 Å². The number of aliphatic imine (C=N–C) groups is 2. The summed E-state index contributed by atoms with van der Waals surface area (Å²) in [6, 6.07) is 23.6. The molecule has 3 aromatic rings. The molecular weight excluding hydrogens is 524 g/mol. The predicted molar refractivity (Wildman–Crippen MR) is 147 cm³/mol. The van der Waals surface area contributed by atoms with E-state index in [4.69, 9.17) is 19.5 Å². The van der Waals surface area contributed by atoms with Gasteiger partial charge in [0.1, 0.15) is 0 Å². The Kier molecular flexibility index (Phi) is 9.08. The summed E-state index contributed by atoms with van der Waals surface area (Å²) >= 11 is 3.41. The quantitative estimate of drug-likeness (QED) is 0.332. The Morgan fingerprint density at radius 1 is 0.857 bits per heavy atom. The van der Waals surface area contributed by atoms with Gasteiger partial charge in [0.15, 0.2) is 0 Å². The van der Waals surface area contributed by atoms with E-state index >= 15 is 0 Å². The van der Waals surface area contributed by atoms with Crippen LogP contribution in [0.25, 0.3) is 0 Å². The fourth-order valence-electron chi connectivity index (χ4n) is 3.53. The summed E-state index contributed by atoms with van der Waals surface area (Å²) in [7, 11) is 0. The van der Waals surface area contributed by atoms with Crippen molar-refractivity contribution in [2.45, 2.75) is 19.4 Å². The van der Waals surface area contributed by atoms with Gasteiger partial charge in [0.2, 0.25) is 0 Å². The van der Waals surface area contributed by atoms with Gasteiger partial charge in [-0.15, -0.1) is 0 Å². The van der Waals surface area contributed by atoms with Crippen molar-refractivity contribution in [3.63, 3.8) is 0 Å². The Labute approximate surface area is 214 Å². The molecule has 0 radical (unpaired) electrons. The van der Waals surface area contributed by atoms with E-state index in [-0.39, 0.29) is 12.6 Å². The second kappa shape index (κ2) is 12.4. The zero-order valence-corrected chi connectivity index (χ0v) is 22.3. The third kappa shape index (κ3) is 7.00. The first kappa shape index (κ1) is 25.6. The normalized spacial score (nSPS) is 18.6. The van der Waals surface area contributed by atoms with Gasteiger partial charge in [0, 0.05) is 0 Å². The van der Waals surface area contributed by atoms with Gasteiger partial charge in [-0.1, -0.05) is 0 Å². The average Bonchev–Trinajstić information content (AvgIpc) is 2.90. The van der Waals surface area contributed by atoms with Crippen LogP contribution >= 0.6 is 5.51 Å². The number of aliphatic hydroxyl groups is 1. The Hall–Kier alpha value is -2.53. The summed E-state index contributed by atoms with van der Waals surface area (Å²) in [5.74, 6) is 1.53. The van der Waals surface area contributed by atoms with Crippen molar-refractivity contribution < 1.29 is 14.6 Å². The average molecular weight is 554 g/mol. The Bertz CT molecular complexity index is 1160. The summed E-state index contributed by atoms with van der Waals surface area (Å²) in [5.41, 5.74) is 1.46. The molecule has 0 aliphatic carbocycles. The van der Waals surface area contributed by atoms with E-state index in [9.17, 15) is 5.11 Å². The molecule has 6 nitrogen and oxygen atoms in total. The van der Waals surface area contributed by atoms with E-state index in [0.717, 1.165) is 40.4 Å². The summed E-state index contributed by atoms with van der Waals surface area (Å²) in [4.78, 5) is 9.45. The van der Waals surface area contributed by atoms with Crippen LogP contribution < -0.4 is 14.8 Å². The Morgan fingerprint density at radius 3 is 1.83 bits per heavy atom. The second-order valence-electron chi connectivity index (χ2n) is 8.34. The topological polar surface area (TPSA) is 75.4 Å². The van der Waals surface area contributed by atoms with Gasteiger partial charge < -0.3 is 0 Å². The van der Waals surface area contributed by atoms with Crippen LogP contribution in [-0.2, 0) is 0 Å². The molecule has 1 aliphatic heterocycles. The zero-order chi connectivity index (χ0) is 24.5. The number of aliphatic hydroxyl groups excluding tert-OH is 1. The van der Waals surface area contributed by atoms with Crippen LogP contribution in [-0.4, -0.2) is 64.3 Å². The molecule has 8 heteroatoms. The van der Waals surface area contributed by atoms with Crippen LogP contribution in [0.5, 0.6) is 11.5 Å². The molecule has 1 atom stereocenters. The first-order valence-corrected chi connectivity index (χ1v) is 16.2. The molecule has 1 heterocycles. The molecule has 0 aromatic heterocycles. The van der Waals surface area contributed by atoms with Crippen molar-refractivity contribution in [3.05, 3.63) is 83.9 Å². The van der Waals surface area contributed by atoms with Gasteiger partial charge >= 0.3 is 215 Å². The van der Waals surface area contributed by atoms with E-state index < -0.39 is 5.51 Å². The zero-order valence-electron chi connectivity index (χ0n) is 19.7. The summed E-state index contributed by atoms with van der Waals surface area (Å²) in [6.07, 6.45) is 6.15. The van der Waals surface area contributed by atoms with Gasteiger partial charge in [-0.3, -0.25) is 0 Å². The van der Waals surface area contributed by atoms with E-state index in [2.05, 4.69) is 27.3 Å². The van der Waals surface area contributed by atoms with Gasteiger partial charge in [-0.05, 0) is 0 Å². The van der Waals surface area contributed by atoms with E-state index in [1.165, 1.54) is 0 Å². The first-order valence-electron chi connectivity index (χ1n) is 11.6. The minimum atomic E-state index is -1.88. The van der Waals surface area contributed by atoms with E-state index in [1.807, 2.05) is 85.2 Å². The Morgan fingerprint density at radius 2 is 1.34 bits per heavy atom. The molecule has 3 aromatic carbocycles. The molecule has 1 unspecified atom stereocenters. The molecule has 0 saturated carbocycles. The molecule has 182 valence electrons. The molecule has 0 amide bonds. The van der Waals surface area contributed by atoms with Crippen molar-refractivity contribution in [3.8, 4) is 11.5 Å². The SMILES string of the molecule is CCC(CO)NCP1(=[Se])COc2ccccc2C=Nc2ccccc2N=Cc2ccccc2OC1. The number of ether oxygens (including phenoxy) is 2. The second-order valence-corrected chi connectivity index (χ2v) is 16.2. The van der Waals surface area contributed by atoms with Gasteiger partial charge in [-0.25, -0.2) is 0 Å². The van der Waals surface area contributed by atoms with Gasteiger partial charge in [0.05, 0.1) is 0 Å². The monoisotopic (exact) mass is 555 g/mol. The van der Waals surface area contributed by atoms with Crippen molar-refractivity contribution in [2.75, 3.05) is 25.6 Å². The number of hydrogen-bond acceptors (Lipinski definition) is 6. The van der Waals surface area contributed by atoms with Crippen LogP contribution in [0.15, 0.2) is 82.8 Å². The minimum absolute atomic E-state index is 0.0363. The maximum absolute atomic E-state index is 9.66. The molecule has 1 aliphatic rings. The van der Waals surface area contributed by atoms with Crippen LogP contribution in [0.2, 0.25) is 0 Å². The maximum atomic E-state index is 9.66. The number of nitrogens with one attached hydrogen (secondary N) is 1. The predicted octanol–water partition coefficient (Wildman–Crippen LogP) is 5.29. The number of hydrogen-bond donors (Lipinski definition) is 2. The standard InChI is InChI=1S/C27H30N3O3PSe/c1-2-23(17-31)30-18-34(35)19-32-26-13-7-3-9-21(26)15-28-24-11-5-6-12-25(24)29-16-22-10-4-8-14-27(22)33-20-34/h3-16,23,30-31H,2,17-20H2,1H3. The number of para-hydroxylation sites is 4. The van der Waals surface area contributed by atoms with Crippen LogP contribution in [0, 0.1) is 0 Å².